The van der Waals surface area contributed by atoms with E-state index in [2.05, 4.69) is 0 Å². The second-order valence-electron chi connectivity index (χ2n) is 5.69. The monoisotopic (exact) mass is 276 g/mol. The van der Waals surface area contributed by atoms with Crippen LogP contribution in [0.1, 0.15) is 39.2 Å². The Kier molecular flexibility index (Phi) is 4.78. The van der Waals surface area contributed by atoms with Gasteiger partial charge in [0.25, 0.3) is 5.91 Å². The molecule has 0 aromatic heterocycles. The number of nitrogens with zero attached hydrogens (tertiary/aromatic N) is 1. The van der Waals surface area contributed by atoms with Crippen molar-refractivity contribution in [1.82, 2.24) is 0 Å². The van der Waals surface area contributed by atoms with Crippen LogP contribution in [0.5, 0.6) is 0 Å². The quantitative estimate of drug-likeness (QED) is 0.919. The lowest BCUT2D eigenvalue weighted by Crippen LogP contribution is -2.43. The summed E-state index contributed by atoms with van der Waals surface area (Å²) in [5.74, 6) is 0.0600. The summed E-state index contributed by atoms with van der Waals surface area (Å²) >= 11 is 0. The Balaban J connectivity index is 2.19. The number of amides is 1. The maximum atomic E-state index is 12.7. The number of hydrogen-bond acceptors (Lipinski definition) is 3. The molecular weight excluding hydrogens is 252 g/mol. The smallest absolute Gasteiger partial charge is 0.256 e. The molecule has 0 bridgehead atoms. The fraction of sp³-hybridized carbons (Fsp3) is 0.562. The zero-order chi connectivity index (χ0) is 14.7. The predicted molar refractivity (Wildman–Crippen MR) is 80.5 cm³/mol. The van der Waals surface area contributed by atoms with Crippen LogP contribution in [-0.2, 0) is 16.1 Å². The van der Waals surface area contributed by atoms with Gasteiger partial charge < -0.3 is 15.4 Å². The van der Waals surface area contributed by atoms with Crippen LogP contribution in [0.2, 0.25) is 0 Å². The van der Waals surface area contributed by atoms with E-state index < -0.39 is 0 Å². The van der Waals surface area contributed by atoms with E-state index in [1.165, 1.54) is 0 Å². The average Bonchev–Trinajstić information content (AvgIpc) is 2.86. The molecule has 0 aliphatic carbocycles. The van der Waals surface area contributed by atoms with Crippen molar-refractivity contribution >= 4 is 11.6 Å². The fourth-order valence-electron chi connectivity index (χ4n) is 2.61. The van der Waals surface area contributed by atoms with Crippen molar-refractivity contribution in [1.29, 1.82) is 0 Å². The van der Waals surface area contributed by atoms with Crippen LogP contribution < -0.4 is 10.6 Å². The molecule has 2 rings (SSSR count). The first-order valence-electron chi connectivity index (χ1n) is 7.30. The number of benzene rings is 1. The molecule has 1 aromatic rings. The molecule has 2 N–H and O–H groups in total. The van der Waals surface area contributed by atoms with Crippen LogP contribution >= 0.6 is 0 Å². The summed E-state index contributed by atoms with van der Waals surface area (Å²) in [6.45, 7) is 6.57. The van der Waals surface area contributed by atoms with Crippen LogP contribution in [0.3, 0.4) is 0 Å². The van der Waals surface area contributed by atoms with Crippen molar-refractivity contribution in [3.8, 4) is 0 Å². The molecule has 0 spiro atoms. The van der Waals surface area contributed by atoms with Crippen LogP contribution in [0.4, 0.5) is 5.69 Å². The van der Waals surface area contributed by atoms with Gasteiger partial charge in [0, 0.05) is 18.3 Å². The fourth-order valence-corrected chi connectivity index (χ4v) is 2.61. The minimum atomic E-state index is -0.304. The number of carbonyl (C=O) groups excluding carboxylic acids is 1. The summed E-state index contributed by atoms with van der Waals surface area (Å²) in [4.78, 5) is 14.5. The Morgan fingerprint density at radius 3 is 2.45 bits per heavy atom. The van der Waals surface area contributed by atoms with Crippen molar-refractivity contribution in [3.05, 3.63) is 29.8 Å². The molecule has 0 radical (unpaired) electrons. The molecule has 1 amide bonds. The lowest BCUT2D eigenvalue weighted by atomic mass is 10.1. The summed E-state index contributed by atoms with van der Waals surface area (Å²) in [5.41, 5.74) is 7.58. The topological polar surface area (TPSA) is 55.6 Å². The predicted octanol–water partition coefficient (Wildman–Crippen LogP) is 2.45. The second-order valence-corrected chi connectivity index (χ2v) is 5.69. The van der Waals surface area contributed by atoms with Crippen LogP contribution in [0.25, 0.3) is 0 Å². The molecule has 1 aliphatic heterocycles. The molecule has 4 nitrogen and oxygen atoms in total. The molecule has 2 unspecified atom stereocenters. The van der Waals surface area contributed by atoms with Gasteiger partial charge in [0.15, 0.2) is 0 Å². The highest BCUT2D eigenvalue weighted by molar-refractivity contribution is 5.97. The minimum absolute atomic E-state index is 0.0600. The third-order valence-electron chi connectivity index (χ3n) is 3.71. The van der Waals surface area contributed by atoms with Gasteiger partial charge in [0.1, 0.15) is 6.10 Å². The van der Waals surface area contributed by atoms with E-state index in [4.69, 9.17) is 10.5 Å². The molecule has 1 fully saturated rings. The lowest BCUT2D eigenvalue weighted by Gasteiger charge is -2.29. The molecular formula is C16H24N2O2. The number of hydrogen-bond donors (Lipinski definition) is 1. The summed E-state index contributed by atoms with van der Waals surface area (Å²) in [5, 5.41) is 0. The Morgan fingerprint density at radius 2 is 2.00 bits per heavy atom. The molecule has 110 valence electrons. The SMILES string of the molecule is CC1CCC(C(=O)N(c2ccc(CN)cc2)C(C)C)O1. The zero-order valence-corrected chi connectivity index (χ0v) is 12.5. The van der Waals surface area contributed by atoms with E-state index in [0.717, 1.165) is 24.1 Å². The van der Waals surface area contributed by atoms with Gasteiger partial charge >= 0.3 is 0 Å². The largest absolute Gasteiger partial charge is 0.365 e. The first kappa shape index (κ1) is 15.0. The van der Waals surface area contributed by atoms with E-state index in [-0.39, 0.29) is 24.2 Å². The van der Waals surface area contributed by atoms with Gasteiger partial charge in [0.05, 0.1) is 6.10 Å². The van der Waals surface area contributed by atoms with Gasteiger partial charge in [-0.3, -0.25) is 4.79 Å². The van der Waals surface area contributed by atoms with Crippen molar-refractivity contribution < 1.29 is 9.53 Å². The molecule has 1 saturated heterocycles. The maximum absolute atomic E-state index is 12.7. The van der Waals surface area contributed by atoms with E-state index in [1.54, 1.807) is 0 Å². The number of ether oxygens (including phenoxy) is 1. The Morgan fingerprint density at radius 1 is 1.35 bits per heavy atom. The van der Waals surface area contributed by atoms with Crippen LogP contribution in [0.15, 0.2) is 24.3 Å². The van der Waals surface area contributed by atoms with Gasteiger partial charge in [-0.05, 0) is 51.3 Å². The van der Waals surface area contributed by atoms with Gasteiger partial charge in [-0.1, -0.05) is 12.1 Å². The molecule has 1 aliphatic rings. The number of carbonyl (C=O) groups is 1. The third kappa shape index (κ3) is 3.19. The van der Waals surface area contributed by atoms with Crippen molar-refractivity contribution in [2.45, 2.75) is 58.4 Å². The Labute approximate surface area is 120 Å². The number of nitrogens with two attached hydrogens (primary N) is 1. The normalized spacial score (nSPS) is 22.2. The van der Waals surface area contributed by atoms with Crippen LogP contribution in [0, 0.1) is 0 Å². The Bertz CT molecular complexity index is 456. The van der Waals surface area contributed by atoms with Crippen molar-refractivity contribution in [3.63, 3.8) is 0 Å². The molecule has 4 heteroatoms. The first-order valence-corrected chi connectivity index (χ1v) is 7.30. The molecule has 0 saturated carbocycles. The number of anilines is 1. The summed E-state index contributed by atoms with van der Waals surface area (Å²) < 4.78 is 5.71. The van der Waals surface area contributed by atoms with Gasteiger partial charge in [-0.15, -0.1) is 0 Å². The highest BCUT2D eigenvalue weighted by Gasteiger charge is 2.33. The van der Waals surface area contributed by atoms with Crippen molar-refractivity contribution in [2.24, 2.45) is 5.73 Å². The lowest BCUT2D eigenvalue weighted by molar-refractivity contribution is -0.129. The highest BCUT2D eigenvalue weighted by atomic mass is 16.5. The van der Waals surface area contributed by atoms with E-state index in [1.807, 2.05) is 49.9 Å². The van der Waals surface area contributed by atoms with Gasteiger partial charge in [-0.2, -0.15) is 0 Å². The van der Waals surface area contributed by atoms with E-state index >= 15 is 0 Å². The minimum Gasteiger partial charge on any atom is -0.365 e. The molecule has 20 heavy (non-hydrogen) atoms. The standard InChI is InChI=1S/C16H24N2O2/c1-11(2)18(14-7-5-13(10-17)6-8-14)16(19)15-9-4-12(3)20-15/h5-8,11-12,15H,4,9-10,17H2,1-3H3. The summed E-state index contributed by atoms with van der Waals surface area (Å²) in [7, 11) is 0. The van der Waals surface area contributed by atoms with Crippen molar-refractivity contribution in [2.75, 3.05) is 4.90 Å². The molecule has 1 heterocycles. The molecule has 2 atom stereocenters. The summed E-state index contributed by atoms with van der Waals surface area (Å²) in [6.07, 6.45) is 1.64. The Hall–Kier alpha value is -1.39. The maximum Gasteiger partial charge on any atom is 0.256 e. The zero-order valence-electron chi connectivity index (χ0n) is 12.5. The average molecular weight is 276 g/mol. The second kappa shape index (κ2) is 6.37. The summed E-state index contributed by atoms with van der Waals surface area (Å²) in [6, 6.07) is 7.95. The first-order chi connectivity index (χ1) is 9.52. The van der Waals surface area contributed by atoms with Crippen LogP contribution in [-0.4, -0.2) is 24.2 Å². The van der Waals surface area contributed by atoms with Gasteiger partial charge in [0.2, 0.25) is 0 Å². The highest BCUT2D eigenvalue weighted by Crippen LogP contribution is 2.25. The van der Waals surface area contributed by atoms with Gasteiger partial charge in [-0.25, -0.2) is 0 Å². The third-order valence-corrected chi connectivity index (χ3v) is 3.71. The van der Waals surface area contributed by atoms with E-state index in [0.29, 0.717) is 6.54 Å². The molecule has 1 aromatic carbocycles. The number of rotatable bonds is 4. The van der Waals surface area contributed by atoms with E-state index in [9.17, 15) is 4.79 Å².